The molecule has 154 valence electrons. The van der Waals surface area contributed by atoms with E-state index in [9.17, 15) is 26.3 Å². The van der Waals surface area contributed by atoms with Crippen molar-refractivity contribution in [3.8, 4) is 11.3 Å². The minimum atomic E-state index is -4.89. The van der Waals surface area contributed by atoms with Crippen molar-refractivity contribution >= 4 is 11.3 Å². The lowest BCUT2D eigenvalue weighted by Gasteiger charge is -2.41. The molecule has 10 heteroatoms. The van der Waals surface area contributed by atoms with Gasteiger partial charge in [0.15, 0.2) is 0 Å². The third kappa shape index (κ3) is 4.04. The van der Waals surface area contributed by atoms with Gasteiger partial charge >= 0.3 is 12.4 Å². The summed E-state index contributed by atoms with van der Waals surface area (Å²) in [4.78, 5) is 6.41. The minimum absolute atomic E-state index is 0.101. The summed E-state index contributed by atoms with van der Waals surface area (Å²) < 4.78 is 84.0. The minimum Gasteiger partial charge on any atom is -0.381 e. The van der Waals surface area contributed by atoms with Crippen LogP contribution in [0.4, 0.5) is 26.3 Å². The standard InChI is InChI=1S/C18H18F6N2OS/c1-26(2)16(3-5-27-6-4-16)15-25-14(10-28-15)11-7-12(17(19,20)21)9-13(8-11)18(22,23)24/h7-10H,3-6H2,1-2H3. The lowest BCUT2D eigenvalue weighted by molar-refractivity contribution is -0.143. The number of rotatable bonds is 3. The molecular weight excluding hydrogens is 406 g/mol. The van der Waals surface area contributed by atoms with Crippen molar-refractivity contribution < 1.29 is 31.1 Å². The first-order valence-corrected chi connectivity index (χ1v) is 9.32. The van der Waals surface area contributed by atoms with Crippen LogP contribution in [0.25, 0.3) is 11.3 Å². The summed E-state index contributed by atoms with van der Waals surface area (Å²) in [6.07, 6.45) is -8.49. The fraction of sp³-hybridized carbons (Fsp3) is 0.500. The molecule has 0 aliphatic carbocycles. The number of nitrogens with zero attached hydrogens (tertiary/aromatic N) is 2. The Morgan fingerprint density at radius 2 is 1.50 bits per heavy atom. The van der Waals surface area contributed by atoms with Crippen LogP contribution in [0, 0.1) is 0 Å². The first-order chi connectivity index (χ1) is 12.9. The summed E-state index contributed by atoms with van der Waals surface area (Å²) in [5, 5.41) is 2.16. The van der Waals surface area contributed by atoms with Gasteiger partial charge in [-0.1, -0.05) is 0 Å². The van der Waals surface area contributed by atoms with E-state index in [0.29, 0.717) is 43.2 Å². The van der Waals surface area contributed by atoms with E-state index in [1.165, 1.54) is 16.7 Å². The highest BCUT2D eigenvalue weighted by molar-refractivity contribution is 7.10. The Balaban J connectivity index is 2.07. The fourth-order valence-corrected chi connectivity index (χ4v) is 4.45. The van der Waals surface area contributed by atoms with Crippen LogP contribution in [-0.4, -0.2) is 37.2 Å². The maximum atomic E-state index is 13.1. The van der Waals surface area contributed by atoms with Crippen molar-refractivity contribution in [1.82, 2.24) is 9.88 Å². The Bertz CT molecular complexity index is 805. The number of ether oxygens (including phenoxy) is 1. The highest BCUT2D eigenvalue weighted by Crippen LogP contribution is 2.42. The molecule has 1 aliphatic heterocycles. The van der Waals surface area contributed by atoms with E-state index in [1.54, 1.807) is 0 Å². The lowest BCUT2D eigenvalue weighted by atomic mass is 9.89. The summed E-state index contributed by atoms with van der Waals surface area (Å²) in [5.41, 5.74) is -3.24. The zero-order valence-electron chi connectivity index (χ0n) is 15.1. The Morgan fingerprint density at radius 3 is 1.96 bits per heavy atom. The van der Waals surface area contributed by atoms with Crippen molar-refractivity contribution in [2.24, 2.45) is 0 Å². The first-order valence-electron chi connectivity index (χ1n) is 8.44. The van der Waals surface area contributed by atoms with Crippen LogP contribution in [0.5, 0.6) is 0 Å². The third-order valence-electron chi connectivity index (χ3n) is 4.96. The highest BCUT2D eigenvalue weighted by atomic mass is 32.1. The van der Waals surface area contributed by atoms with Gasteiger partial charge in [-0.2, -0.15) is 26.3 Å². The summed E-state index contributed by atoms with van der Waals surface area (Å²) in [7, 11) is 3.75. The second-order valence-electron chi connectivity index (χ2n) is 6.87. The van der Waals surface area contributed by atoms with Crippen LogP contribution >= 0.6 is 11.3 Å². The quantitative estimate of drug-likeness (QED) is 0.616. The number of halogens is 6. The second kappa shape index (κ2) is 7.31. The molecular formula is C18H18F6N2OS. The molecule has 3 nitrogen and oxygen atoms in total. The molecule has 3 rings (SSSR count). The van der Waals surface area contributed by atoms with Crippen LogP contribution in [-0.2, 0) is 22.6 Å². The van der Waals surface area contributed by atoms with Crippen LogP contribution in [0.3, 0.4) is 0 Å². The third-order valence-corrected chi connectivity index (χ3v) is 6.00. The van der Waals surface area contributed by atoms with Crippen molar-refractivity contribution in [2.75, 3.05) is 27.3 Å². The van der Waals surface area contributed by atoms with Crippen molar-refractivity contribution in [3.63, 3.8) is 0 Å². The van der Waals surface area contributed by atoms with Gasteiger partial charge < -0.3 is 4.74 Å². The van der Waals surface area contributed by atoms with Crippen molar-refractivity contribution in [1.29, 1.82) is 0 Å². The molecule has 0 bridgehead atoms. The number of alkyl halides is 6. The van der Waals surface area contributed by atoms with Crippen LogP contribution in [0.1, 0.15) is 29.0 Å². The number of benzene rings is 1. The Labute approximate surface area is 161 Å². The van der Waals surface area contributed by atoms with E-state index in [0.717, 1.165) is 0 Å². The van der Waals surface area contributed by atoms with Gasteiger partial charge in [0.2, 0.25) is 0 Å². The zero-order chi connectivity index (χ0) is 20.7. The molecule has 1 aromatic heterocycles. The molecule has 28 heavy (non-hydrogen) atoms. The van der Waals surface area contributed by atoms with Gasteiger partial charge in [0.1, 0.15) is 5.01 Å². The van der Waals surface area contributed by atoms with E-state index < -0.39 is 29.0 Å². The van der Waals surface area contributed by atoms with Gasteiger partial charge in [-0.15, -0.1) is 11.3 Å². The SMILES string of the molecule is CN(C)C1(c2nc(-c3cc(C(F)(F)F)cc(C(F)(F)F)c3)cs2)CCOCC1. The van der Waals surface area contributed by atoms with E-state index in [2.05, 4.69) is 4.98 Å². The Morgan fingerprint density at radius 1 is 0.964 bits per heavy atom. The average molecular weight is 424 g/mol. The second-order valence-corrected chi connectivity index (χ2v) is 7.73. The van der Waals surface area contributed by atoms with Crippen molar-refractivity contribution in [3.05, 3.63) is 39.7 Å². The Kier molecular flexibility index (Phi) is 5.50. The van der Waals surface area contributed by atoms with Gasteiger partial charge in [-0.3, -0.25) is 4.90 Å². The van der Waals surface area contributed by atoms with E-state index >= 15 is 0 Å². The molecule has 0 atom stereocenters. The topological polar surface area (TPSA) is 25.4 Å². The highest BCUT2D eigenvalue weighted by Gasteiger charge is 2.40. The Hall–Kier alpha value is -1.65. The molecule has 0 spiro atoms. The normalized spacial score (nSPS) is 17.9. The predicted octanol–water partition coefficient (Wildman–Crippen LogP) is 5.42. The van der Waals surface area contributed by atoms with Gasteiger partial charge in [0.25, 0.3) is 0 Å². The molecule has 0 unspecified atom stereocenters. The van der Waals surface area contributed by atoms with Crippen molar-refractivity contribution in [2.45, 2.75) is 30.7 Å². The molecule has 1 aromatic carbocycles. The van der Waals surface area contributed by atoms with Gasteiger partial charge in [-0.25, -0.2) is 4.98 Å². The number of hydrogen-bond acceptors (Lipinski definition) is 4. The maximum Gasteiger partial charge on any atom is 0.416 e. The number of thiazole rings is 1. The van der Waals surface area contributed by atoms with Gasteiger partial charge in [-0.05, 0) is 45.1 Å². The number of aromatic nitrogens is 1. The van der Waals surface area contributed by atoms with Crippen LogP contribution < -0.4 is 0 Å². The van der Waals surface area contributed by atoms with E-state index in [4.69, 9.17) is 4.74 Å². The summed E-state index contributed by atoms with van der Waals surface area (Å²) in [5.74, 6) is 0. The fourth-order valence-electron chi connectivity index (χ4n) is 3.28. The van der Waals surface area contributed by atoms with Crippen LogP contribution in [0.15, 0.2) is 23.6 Å². The molecule has 1 aliphatic rings. The molecule has 2 heterocycles. The van der Waals surface area contributed by atoms with Gasteiger partial charge in [0, 0.05) is 24.2 Å². The maximum absolute atomic E-state index is 13.1. The molecule has 1 fully saturated rings. The first kappa shape index (κ1) is 21.1. The van der Waals surface area contributed by atoms with Crippen LogP contribution in [0.2, 0.25) is 0 Å². The molecule has 2 aromatic rings. The van der Waals surface area contributed by atoms with E-state index in [1.807, 2.05) is 19.0 Å². The molecule has 1 saturated heterocycles. The summed E-state index contributed by atoms with van der Waals surface area (Å²) in [6.45, 7) is 1.02. The summed E-state index contributed by atoms with van der Waals surface area (Å²) in [6, 6.07) is 1.54. The molecule has 0 N–H and O–H groups in total. The van der Waals surface area contributed by atoms with E-state index in [-0.39, 0.29) is 17.3 Å². The average Bonchev–Trinajstić information content (AvgIpc) is 3.11. The largest absolute Gasteiger partial charge is 0.416 e. The monoisotopic (exact) mass is 424 g/mol. The number of hydrogen-bond donors (Lipinski definition) is 0. The molecule has 0 saturated carbocycles. The molecule has 0 radical (unpaired) electrons. The van der Waals surface area contributed by atoms with Gasteiger partial charge in [0.05, 0.1) is 22.4 Å². The smallest absolute Gasteiger partial charge is 0.381 e. The predicted molar refractivity (Wildman–Crippen MR) is 93.0 cm³/mol. The zero-order valence-corrected chi connectivity index (χ0v) is 15.9. The summed E-state index contributed by atoms with van der Waals surface area (Å²) >= 11 is 1.23. The molecule has 0 amide bonds. The lowest BCUT2D eigenvalue weighted by Crippen LogP contribution is -2.45.